The van der Waals surface area contributed by atoms with Crippen molar-refractivity contribution in [3.05, 3.63) is 35.5 Å². The maximum atomic E-state index is 10.0. The molecule has 0 unspecified atom stereocenters. The average molecular weight is 475 g/mol. The van der Waals surface area contributed by atoms with Gasteiger partial charge in [0.2, 0.25) is 0 Å². The molecule has 0 aliphatic rings. The molecule has 0 aliphatic heterocycles. The van der Waals surface area contributed by atoms with E-state index >= 15 is 0 Å². The zero-order chi connectivity index (χ0) is 17.6. The predicted molar refractivity (Wildman–Crippen MR) is 88.4 cm³/mol. The molecule has 8 nitrogen and oxygen atoms in total. The molecule has 0 spiro atoms. The van der Waals surface area contributed by atoms with Crippen LogP contribution in [0.5, 0.6) is 0 Å². The third-order valence-electron chi connectivity index (χ3n) is 1.24. The first-order chi connectivity index (χ1) is 9.38. The minimum Gasteiger partial charge on any atom is -0.512 e. The Kier molecular flexibility index (Phi) is 38.4. The van der Waals surface area contributed by atoms with E-state index in [-0.39, 0.29) is 81.2 Å². The molecular weight excluding hydrogens is 447 g/mol. The van der Waals surface area contributed by atoms with Crippen LogP contribution in [0.25, 0.3) is 0 Å². The first kappa shape index (κ1) is 38.4. The fourth-order valence-electron chi connectivity index (χ4n) is 0.882. The van der Waals surface area contributed by atoms with Crippen molar-refractivity contribution in [3.8, 4) is 0 Å². The number of ketones is 3. The summed E-state index contributed by atoms with van der Waals surface area (Å²) in [5.41, 5.74) is 0. The molecule has 0 atom stereocenters. The summed E-state index contributed by atoms with van der Waals surface area (Å²) in [4.78, 5) is 30.1. The first-order valence-corrected chi connectivity index (χ1v) is 6.02. The molecule has 1 radical (unpaired) electrons. The summed E-state index contributed by atoms with van der Waals surface area (Å²) in [6, 6.07) is 0. The Morgan fingerprint density at radius 1 is 0.542 bits per heavy atom. The maximum Gasteiger partial charge on any atom is 0.155 e. The molecule has 0 saturated heterocycles. The summed E-state index contributed by atoms with van der Waals surface area (Å²) >= 11 is 0. The number of hydrogen-bond acceptors (Lipinski definition) is 6. The quantitative estimate of drug-likeness (QED) is 0.411. The van der Waals surface area contributed by atoms with E-state index in [0.717, 1.165) is 0 Å². The predicted octanol–water partition coefficient (Wildman–Crippen LogP) is 1.46. The minimum atomic E-state index is -0.125. The second-order valence-corrected chi connectivity index (χ2v) is 4.19. The van der Waals surface area contributed by atoms with Crippen molar-refractivity contribution in [2.75, 3.05) is 0 Å². The number of carbonyl (C=O) groups is 3. The number of hydrogen-bond donors (Lipinski definition) is 3. The number of aliphatic hydroxyl groups excluding tert-OH is 3. The molecular formula is C15H28LaO8. The van der Waals surface area contributed by atoms with E-state index in [1.54, 1.807) is 0 Å². The molecule has 9 heteroatoms. The number of allylic oxidation sites excluding steroid dienone is 6. The molecule has 7 N–H and O–H groups in total. The summed E-state index contributed by atoms with van der Waals surface area (Å²) in [5, 5.41) is 25.1. The van der Waals surface area contributed by atoms with E-state index in [1.807, 2.05) is 0 Å². The first-order valence-electron chi connectivity index (χ1n) is 6.02. The van der Waals surface area contributed by atoms with Gasteiger partial charge in [0.15, 0.2) is 17.3 Å². The summed E-state index contributed by atoms with van der Waals surface area (Å²) in [6.07, 6.45) is 3.50. The van der Waals surface area contributed by atoms with Gasteiger partial charge in [-0.3, -0.25) is 14.4 Å². The van der Waals surface area contributed by atoms with E-state index in [2.05, 4.69) is 0 Å². The Labute approximate surface area is 170 Å². The van der Waals surface area contributed by atoms with Crippen molar-refractivity contribution in [1.82, 2.24) is 0 Å². The van der Waals surface area contributed by atoms with Crippen molar-refractivity contribution in [3.63, 3.8) is 0 Å². The average Bonchev–Trinajstić information content (AvgIpc) is 2.10. The molecule has 0 heterocycles. The van der Waals surface area contributed by atoms with Gasteiger partial charge in [0.05, 0.1) is 17.3 Å². The van der Waals surface area contributed by atoms with Gasteiger partial charge in [0.1, 0.15) is 0 Å². The van der Waals surface area contributed by atoms with E-state index in [0.29, 0.717) is 0 Å². The number of rotatable bonds is 3. The van der Waals surface area contributed by atoms with Gasteiger partial charge < -0.3 is 26.3 Å². The molecule has 0 aromatic carbocycles. The SMILES string of the molecule is CC(=O)/C=C(/C)O.CC(=O)/C=C(/C)O.CC(=O)/C=C(\C)O.O.O.[La]. The van der Waals surface area contributed by atoms with Gasteiger partial charge in [0, 0.05) is 53.8 Å². The van der Waals surface area contributed by atoms with E-state index in [4.69, 9.17) is 15.3 Å². The van der Waals surface area contributed by atoms with E-state index in [1.165, 1.54) is 59.8 Å². The van der Waals surface area contributed by atoms with Gasteiger partial charge in [-0.25, -0.2) is 0 Å². The van der Waals surface area contributed by atoms with Gasteiger partial charge >= 0.3 is 0 Å². The third-order valence-corrected chi connectivity index (χ3v) is 1.24. The fraction of sp³-hybridized carbons (Fsp3) is 0.400. The molecule has 0 rings (SSSR count). The van der Waals surface area contributed by atoms with Crippen LogP contribution in [0.3, 0.4) is 0 Å². The molecule has 0 saturated carbocycles. The number of aliphatic hydroxyl groups is 3. The second-order valence-electron chi connectivity index (χ2n) is 4.19. The molecule has 0 aromatic rings. The molecule has 24 heavy (non-hydrogen) atoms. The van der Waals surface area contributed by atoms with Crippen molar-refractivity contribution in [2.45, 2.75) is 41.5 Å². The van der Waals surface area contributed by atoms with Gasteiger partial charge in [0.25, 0.3) is 0 Å². The molecule has 0 aliphatic carbocycles. The van der Waals surface area contributed by atoms with E-state index in [9.17, 15) is 14.4 Å². The summed E-state index contributed by atoms with van der Waals surface area (Å²) < 4.78 is 0. The molecule has 0 fully saturated rings. The van der Waals surface area contributed by atoms with Crippen molar-refractivity contribution in [2.24, 2.45) is 0 Å². The summed E-state index contributed by atoms with van der Waals surface area (Å²) in [5.74, 6) is -0.187. The Morgan fingerprint density at radius 2 is 0.667 bits per heavy atom. The summed E-state index contributed by atoms with van der Waals surface area (Å²) in [6.45, 7) is 8.54. The normalized spacial score (nSPS) is 10.0. The second kappa shape index (κ2) is 24.0. The van der Waals surface area contributed by atoms with Crippen molar-refractivity contribution < 1.29 is 76.3 Å². The molecule has 139 valence electrons. The molecule has 0 aromatic heterocycles. The van der Waals surface area contributed by atoms with Gasteiger partial charge in [-0.15, -0.1) is 0 Å². The van der Waals surface area contributed by atoms with Crippen LogP contribution in [0, 0.1) is 35.6 Å². The van der Waals surface area contributed by atoms with Crippen LogP contribution < -0.4 is 0 Å². The van der Waals surface area contributed by atoms with Crippen molar-refractivity contribution in [1.29, 1.82) is 0 Å². The Morgan fingerprint density at radius 3 is 0.667 bits per heavy atom. The van der Waals surface area contributed by atoms with Crippen LogP contribution in [-0.2, 0) is 14.4 Å². The van der Waals surface area contributed by atoms with Crippen LogP contribution in [0.4, 0.5) is 0 Å². The van der Waals surface area contributed by atoms with E-state index < -0.39 is 0 Å². The Balaban J connectivity index is -0.0000000476. The van der Waals surface area contributed by atoms with Gasteiger partial charge in [-0.1, -0.05) is 0 Å². The Hall–Kier alpha value is -1.26. The Bertz CT molecular complexity index is 372. The number of carbonyl (C=O) groups excluding carboxylic acids is 3. The fourth-order valence-corrected chi connectivity index (χ4v) is 0.882. The van der Waals surface area contributed by atoms with Crippen LogP contribution in [-0.4, -0.2) is 43.6 Å². The summed E-state index contributed by atoms with van der Waals surface area (Å²) in [7, 11) is 0. The topological polar surface area (TPSA) is 175 Å². The van der Waals surface area contributed by atoms with Crippen LogP contribution >= 0.6 is 0 Å². The molecule has 0 amide bonds. The monoisotopic (exact) mass is 475 g/mol. The van der Waals surface area contributed by atoms with Crippen molar-refractivity contribution >= 4 is 17.3 Å². The van der Waals surface area contributed by atoms with Gasteiger partial charge in [-0.05, 0) is 41.5 Å². The molecule has 0 bridgehead atoms. The maximum absolute atomic E-state index is 10.0. The standard InChI is InChI=1S/3C5H8O2.La.2H2O/c3*1-4(6)3-5(2)7;;;/h3*3,6H,1-2H3;;2*1H2/b4-3+;2*4-3-;;;. The minimum absolute atomic E-state index is 0. The van der Waals surface area contributed by atoms with Gasteiger partial charge in [-0.2, -0.15) is 0 Å². The smallest absolute Gasteiger partial charge is 0.155 e. The third kappa shape index (κ3) is 70.1. The van der Waals surface area contributed by atoms with Crippen LogP contribution in [0.15, 0.2) is 35.5 Å². The zero-order valence-electron chi connectivity index (χ0n) is 14.9. The van der Waals surface area contributed by atoms with Crippen LogP contribution in [0.2, 0.25) is 0 Å². The largest absolute Gasteiger partial charge is 0.512 e. The van der Waals surface area contributed by atoms with Crippen LogP contribution in [0.1, 0.15) is 41.5 Å². The zero-order valence-corrected chi connectivity index (χ0v) is 18.5.